The van der Waals surface area contributed by atoms with Crippen LogP contribution in [0.25, 0.3) is 5.53 Å². The minimum atomic E-state index is -1.23. The summed E-state index contributed by atoms with van der Waals surface area (Å²) in [5, 5.41) is 11.5. The number of carboxylic acid groups (broad SMARTS) is 1. The summed E-state index contributed by atoms with van der Waals surface area (Å²) in [5.41, 5.74) is 8.22. The third-order valence-corrected chi connectivity index (χ3v) is 2.78. The van der Waals surface area contributed by atoms with Crippen LogP contribution in [0, 0.1) is 0 Å². The van der Waals surface area contributed by atoms with E-state index in [4.69, 9.17) is 15.4 Å². The Bertz CT molecular complexity index is 444. The maximum absolute atomic E-state index is 12.1. The first-order valence-corrected chi connectivity index (χ1v) is 7.20. The van der Waals surface area contributed by atoms with Gasteiger partial charge < -0.3 is 20.7 Å². The number of hydrogen-bond donors (Lipinski definition) is 2. The molecule has 0 fully saturated rings. The van der Waals surface area contributed by atoms with Crippen LogP contribution in [-0.4, -0.2) is 52.0 Å². The summed E-state index contributed by atoms with van der Waals surface area (Å²) in [4.78, 5) is 37.0. The third kappa shape index (κ3) is 8.28. The van der Waals surface area contributed by atoms with Gasteiger partial charge in [0, 0.05) is 6.42 Å². The molecule has 2 atom stereocenters. The molecule has 22 heavy (non-hydrogen) atoms. The molecule has 0 spiro atoms. The highest BCUT2D eigenvalue weighted by Crippen LogP contribution is 2.08. The largest absolute Gasteiger partial charge is 0.480 e. The highest BCUT2D eigenvalue weighted by Gasteiger charge is 2.26. The first-order valence-electron chi connectivity index (χ1n) is 7.20. The average Bonchev–Trinajstić information content (AvgIpc) is 2.42. The monoisotopic (exact) mass is 313 g/mol. The van der Waals surface area contributed by atoms with Crippen molar-refractivity contribution >= 4 is 23.9 Å². The number of aliphatic carboxylic acids is 1. The summed E-state index contributed by atoms with van der Waals surface area (Å²) in [6, 6.07) is -1.20. The Morgan fingerprint density at radius 2 is 1.95 bits per heavy atom. The van der Waals surface area contributed by atoms with Gasteiger partial charge in [-0.15, -0.1) is 0 Å². The molecule has 124 valence electrons. The SMILES string of the molecule is CCCC(OC(C)C)C(=O)NC(CCC(=O)C=[N+]=[N-])C(=O)O. The first-order chi connectivity index (χ1) is 10.3. The van der Waals surface area contributed by atoms with Gasteiger partial charge in [-0.2, -0.15) is 4.79 Å². The smallest absolute Gasteiger partial charge is 0.326 e. The number of ketones is 1. The van der Waals surface area contributed by atoms with E-state index in [0.29, 0.717) is 19.1 Å². The molecule has 0 aliphatic rings. The zero-order chi connectivity index (χ0) is 17.1. The minimum absolute atomic E-state index is 0.0908. The molecule has 0 aromatic heterocycles. The van der Waals surface area contributed by atoms with Gasteiger partial charge in [0.1, 0.15) is 12.1 Å². The predicted molar refractivity (Wildman–Crippen MR) is 78.4 cm³/mol. The van der Waals surface area contributed by atoms with Gasteiger partial charge in [-0.25, -0.2) is 4.79 Å². The molecule has 1 amide bonds. The molecule has 0 saturated heterocycles. The fourth-order valence-electron chi connectivity index (χ4n) is 1.79. The van der Waals surface area contributed by atoms with Gasteiger partial charge in [-0.1, -0.05) is 13.3 Å². The van der Waals surface area contributed by atoms with Gasteiger partial charge in [0.2, 0.25) is 11.7 Å². The van der Waals surface area contributed by atoms with Crippen molar-refractivity contribution in [1.29, 1.82) is 0 Å². The first kappa shape index (κ1) is 19.9. The molecule has 2 N–H and O–H groups in total. The summed E-state index contributed by atoms with van der Waals surface area (Å²) in [6.45, 7) is 5.47. The Kier molecular flexibility index (Phi) is 9.65. The second-order valence-corrected chi connectivity index (χ2v) is 5.11. The molecule has 0 saturated carbocycles. The molecule has 0 aromatic rings. The number of nitrogens with one attached hydrogen (secondary N) is 1. The van der Waals surface area contributed by atoms with Crippen molar-refractivity contribution in [2.75, 3.05) is 0 Å². The molecular weight excluding hydrogens is 290 g/mol. The van der Waals surface area contributed by atoms with Crippen molar-refractivity contribution < 1.29 is 29.0 Å². The normalized spacial score (nSPS) is 13.1. The second-order valence-electron chi connectivity index (χ2n) is 5.11. The lowest BCUT2D eigenvalue weighted by Crippen LogP contribution is -2.47. The Morgan fingerprint density at radius 1 is 1.32 bits per heavy atom. The molecule has 0 aliphatic carbocycles. The Balaban J connectivity index is 4.70. The van der Waals surface area contributed by atoms with Crippen LogP contribution in [-0.2, 0) is 19.1 Å². The highest BCUT2D eigenvalue weighted by atomic mass is 16.5. The van der Waals surface area contributed by atoms with E-state index < -0.39 is 29.8 Å². The molecule has 2 unspecified atom stereocenters. The zero-order valence-electron chi connectivity index (χ0n) is 13.1. The van der Waals surface area contributed by atoms with Gasteiger partial charge >= 0.3 is 12.2 Å². The van der Waals surface area contributed by atoms with Gasteiger partial charge in [0.05, 0.1) is 6.10 Å². The van der Waals surface area contributed by atoms with E-state index in [0.717, 1.165) is 0 Å². The molecule has 0 rings (SSSR count). The number of amides is 1. The van der Waals surface area contributed by atoms with E-state index in [-0.39, 0.29) is 18.9 Å². The number of hydrogen-bond acceptors (Lipinski definition) is 4. The molecule has 0 bridgehead atoms. The summed E-state index contributed by atoms with van der Waals surface area (Å²) in [7, 11) is 0. The summed E-state index contributed by atoms with van der Waals surface area (Å²) >= 11 is 0. The summed E-state index contributed by atoms with van der Waals surface area (Å²) in [5.74, 6) is -2.26. The van der Waals surface area contributed by atoms with Gasteiger partial charge in [0.15, 0.2) is 0 Å². The lowest BCUT2D eigenvalue weighted by Gasteiger charge is -2.22. The molecule has 0 aliphatic heterocycles. The number of carboxylic acids is 1. The fraction of sp³-hybridized carbons (Fsp3) is 0.714. The number of rotatable bonds is 11. The quantitative estimate of drug-likeness (QED) is 0.331. The number of Topliss-reactive ketones (excluding diaryl/α,β-unsaturated/α-hetero) is 1. The maximum atomic E-state index is 12.1. The standard InChI is InChI=1S/C14H23N3O5/c1-4-5-12(22-9(2)3)13(19)17-11(14(20)21)7-6-10(18)8-16-15/h8-9,11-12H,4-7H2,1-3H3,(H,17,19)(H,20,21). The maximum Gasteiger partial charge on any atom is 0.326 e. The van der Waals surface area contributed by atoms with Crippen LogP contribution in [0.3, 0.4) is 0 Å². The Labute approximate surface area is 129 Å². The lowest BCUT2D eigenvalue weighted by molar-refractivity contribution is -0.146. The molecule has 8 heteroatoms. The summed E-state index contributed by atoms with van der Waals surface area (Å²) < 4.78 is 5.47. The Morgan fingerprint density at radius 3 is 2.41 bits per heavy atom. The second kappa shape index (κ2) is 10.6. The van der Waals surface area contributed by atoms with Crippen molar-refractivity contribution in [2.45, 2.75) is 64.7 Å². The van der Waals surface area contributed by atoms with Gasteiger partial charge in [-0.3, -0.25) is 9.59 Å². The lowest BCUT2D eigenvalue weighted by atomic mass is 10.1. The molecule has 0 heterocycles. The number of carbonyl (C=O) groups excluding carboxylic acids is 2. The van der Waals surface area contributed by atoms with E-state index in [1.54, 1.807) is 13.8 Å². The predicted octanol–water partition coefficient (Wildman–Crippen LogP) is 0.799. The van der Waals surface area contributed by atoms with E-state index in [1.807, 2.05) is 6.92 Å². The third-order valence-electron chi connectivity index (χ3n) is 2.78. The van der Waals surface area contributed by atoms with Crippen molar-refractivity contribution in [2.24, 2.45) is 0 Å². The van der Waals surface area contributed by atoms with Crippen LogP contribution >= 0.6 is 0 Å². The fourth-order valence-corrected chi connectivity index (χ4v) is 1.79. The van der Waals surface area contributed by atoms with Crippen molar-refractivity contribution in [3.63, 3.8) is 0 Å². The van der Waals surface area contributed by atoms with Crippen LogP contribution in [0.15, 0.2) is 0 Å². The Hall–Kier alpha value is -2.05. The molecule has 0 aromatic carbocycles. The number of nitrogens with zero attached hydrogens (tertiary/aromatic N) is 2. The molecule has 8 nitrogen and oxygen atoms in total. The number of ether oxygens (including phenoxy) is 1. The minimum Gasteiger partial charge on any atom is -0.480 e. The van der Waals surface area contributed by atoms with E-state index in [9.17, 15) is 14.4 Å². The zero-order valence-corrected chi connectivity index (χ0v) is 13.1. The van der Waals surface area contributed by atoms with Crippen LogP contribution in [0.4, 0.5) is 0 Å². The average molecular weight is 313 g/mol. The topological polar surface area (TPSA) is 129 Å². The summed E-state index contributed by atoms with van der Waals surface area (Å²) in [6.07, 6.45) is 0.773. The van der Waals surface area contributed by atoms with E-state index in [1.165, 1.54) is 0 Å². The van der Waals surface area contributed by atoms with Gasteiger partial charge in [-0.05, 0) is 26.7 Å². The van der Waals surface area contributed by atoms with E-state index >= 15 is 0 Å². The molecule has 0 radical (unpaired) electrons. The van der Waals surface area contributed by atoms with Crippen molar-refractivity contribution in [3.8, 4) is 0 Å². The van der Waals surface area contributed by atoms with Gasteiger partial charge in [0.25, 0.3) is 0 Å². The van der Waals surface area contributed by atoms with Crippen LogP contribution in [0.2, 0.25) is 0 Å². The van der Waals surface area contributed by atoms with Crippen molar-refractivity contribution in [3.05, 3.63) is 5.53 Å². The molecular formula is C14H23N3O5. The van der Waals surface area contributed by atoms with Crippen molar-refractivity contribution in [1.82, 2.24) is 5.32 Å². The van der Waals surface area contributed by atoms with E-state index in [2.05, 4.69) is 10.1 Å². The van der Waals surface area contributed by atoms with Crippen LogP contribution in [0.5, 0.6) is 0 Å². The van der Waals surface area contributed by atoms with Crippen LogP contribution in [0.1, 0.15) is 46.5 Å². The van der Waals surface area contributed by atoms with Crippen LogP contribution < -0.4 is 5.32 Å². The number of carbonyl (C=O) groups is 3. The highest BCUT2D eigenvalue weighted by molar-refractivity contribution is 6.25.